The summed E-state index contributed by atoms with van der Waals surface area (Å²) < 4.78 is 18.9. The van der Waals surface area contributed by atoms with E-state index >= 15 is 0 Å². The van der Waals surface area contributed by atoms with Gasteiger partial charge in [-0.2, -0.15) is 0 Å². The molecule has 0 aliphatic carbocycles. The number of carbonyl (C=O) groups excluding carboxylic acids is 2. The van der Waals surface area contributed by atoms with Crippen molar-refractivity contribution in [1.29, 1.82) is 0 Å². The smallest absolute Gasteiger partial charge is 0.408 e. The molecule has 0 saturated heterocycles. The number of H-pyrrole nitrogens is 1. The number of anilines is 1. The molecule has 0 bridgehead atoms. The second kappa shape index (κ2) is 12.2. The van der Waals surface area contributed by atoms with Gasteiger partial charge in [0.2, 0.25) is 0 Å². The zero-order chi connectivity index (χ0) is 29.7. The van der Waals surface area contributed by atoms with Gasteiger partial charge in [0, 0.05) is 35.5 Å². The van der Waals surface area contributed by atoms with Gasteiger partial charge >= 0.3 is 6.09 Å². The minimum Gasteiger partial charge on any atom is -0.444 e. The molecule has 3 heterocycles. The third-order valence-corrected chi connectivity index (χ3v) is 6.56. The highest BCUT2D eigenvalue weighted by Crippen LogP contribution is 2.33. The van der Waals surface area contributed by atoms with E-state index in [4.69, 9.17) is 9.72 Å². The lowest BCUT2D eigenvalue weighted by molar-refractivity contribution is -0.119. The molecule has 0 fully saturated rings. The van der Waals surface area contributed by atoms with Gasteiger partial charge in [0.25, 0.3) is 0 Å². The van der Waals surface area contributed by atoms with E-state index in [2.05, 4.69) is 20.6 Å². The van der Waals surface area contributed by atoms with Gasteiger partial charge in [-0.25, -0.2) is 14.2 Å². The number of benzene rings is 2. The number of amides is 1. The second-order valence-electron chi connectivity index (χ2n) is 10.9. The quantitative estimate of drug-likeness (QED) is 0.186. The van der Waals surface area contributed by atoms with Crippen molar-refractivity contribution in [2.75, 3.05) is 11.9 Å². The van der Waals surface area contributed by atoms with E-state index < -0.39 is 17.7 Å². The van der Waals surface area contributed by atoms with Crippen molar-refractivity contribution in [3.63, 3.8) is 0 Å². The lowest BCUT2D eigenvalue weighted by Crippen LogP contribution is -2.39. The topological polar surface area (TPSA) is 109 Å². The first-order chi connectivity index (χ1) is 20.2. The Balaban J connectivity index is 1.39. The zero-order valence-corrected chi connectivity index (χ0v) is 23.6. The van der Waals surface area contributed by atoms with E-state index in [1.165, 1.54) is 12.1 Å². The molecule has 2 aromatic carbocycles. The van der Waals surface area contributed by atoms with Crippen LogP contribution >= 0.6 is 0 Å². The van der Waals surface area contributed by atoms with Gasteiger partial charge in [0.1, 0.15) is 28.9 Å². The van der Waals surface area contributed by atoms with Gasteiger partial charge in [-0.1, -0.05) is 42.5 Å². The minimum atomic E-state index is -0.900. The Kier molecular flexibility index (Phi) is 8.28. The molecule has 9 heteroatoms. The number of pyridine rings is 2. The van der Waals surface area contributed by atoms with Crippen molar-refractivity contribution in [2.45, 2.75) is 38.8 Å². The molecule has 5 rings (SSSR count). The Hall–Kier alpha value is -5.05. The predicted molar refractivity (Wildman–Crippen MR) is 161 cm³/mol. The zero-order valence-electron chi connectivity index (χ0n) is 23.6. The third-order valence-electron chi connectivity index (χ3n) is 6.56. The normalized spacial score (nSPS) is 12.1. The van der Waals surface area contributed by atoms with Crippen LogP contribution < -0.4 is 10.6 Å². The molecule has 0 spiro atoms. The standard InChI is InChI=1S/C33H32FN5O3/c1-33(2,3)42-32(41)39-30(23-7-5-4-6-8-23)27(40)20-36-28-14-13-25-29(22-15-17-35-18-16-22)26(37-31(25)38-28)19-21-9-11-24(34)12-10-21/h4-18,30H,19-20H2,1-3H3,(H,39,41)(H2,36,37,38)/t30-/m0/s1. The Morgan fingerprint density at radius 3 is 2.36 bits per heavy atom. The monoisotopic (exact) mass is 565 g/mol. The van der Waals surface area contributed by atoms with E-state index in [0.717, 1.165) is 27.8 Å². The number of fused-ring (bicyclic) bond motifs is 1. The Labute approximate surface area is 243 Å². The van der Waals surface area contributed by atoms with Crippen LogP contribution in [-0.4, -0.2) is 39.0 Å². The number of carbonyl (C=O) groups is 2. The maximum Gasteiger partial charge on any atom is 0.408 e. The van der Waals surface area contributed by atoms with E-state index in [1.807, 2.05) is 42.5 Å². The van der Waals surface area contributed by atoms with Crippen LogP contribution in [0.2, 0.25) is 0 Å². The second-order valence-corrected chi connectivity index (χ2v) is 10.9. The predicted octanol–water partition coefficient (Wildman–Crippen LogP) is 6.60. The van der Waals surface area contributed by atoms with Crippen molar-refractivity contribution < 1.29 is 18.7 Å². The summed E-state index contributed by atoms with van der Waals surface area (Å²) in [6.45, 7) is 5.22. The summed E-state index contributed by atoms with van der Waals surface area (Å²) in [6, 6.07) is 22.2. The number of ketones is 1. The highest BCUT2D eigenvalue weighted by molar-refractivity contribution is 5.97. The first-order valence-electron chi connectivity index (χ1n) is 13.6. The van der Waals surface area contributed by atoms with Crippen molar-refractivity contribution in [3.8, 4) is 11.1 Å². The molecule has 5 aromatic rings. The lowest BCUT2D eigenvalue weighted by Gasteiger charge is -2.23. The molecule has 0 aliphatic heterocycles. The number of aromatic amines is 1. The van der Waals surface area contributed by atoms with Gasteiger partial charge in [-0.15, -0.1) is 0 Å². The molecule has 1 amide bonds. The molecule has 214 valence electrons. The van der Waals surface area contributed by atoms with Crippen LogP contribution in [0, 0.1) is 5.82 Å². The summed E-state index contributed by atoms with van der Waals surface area (Å²) >= 11 is 0. The van der Waals surface area contributed by atoms with Gasteiger partial charge < -0.3 is 20.4 Å². The van der Waals surface area contributed by atoms with Crippen LogP contribution in [0.1, 0.15) is 43.6 Å². The lowest BCUT2D eigenvalue weighted by atomic mass is 10.00. The first-order valence-corrected chi connectivity index (χ1v) is 13.6. The molecule has 8 nitrogen and oxygen atoms in total. The summed E-state index contributed by atoms with van der Waals surface area (Å²) in [5, 5.41) is 6.72. The van der Waals surface area contributed by atoms with Crippen LogP contribution in [0.4, 0.5) is 15.0 Å². The van der Waals surface area contributed by atoms with E-state index in [1.54, 1.807) is 57.4 Å². The number of hydrogen-bond donors (Lipinski definition) is 3. The molecule has 1 atom stereocenters. The molecule has 0 radical (unpaired) electrons. The van der Waals surface area contributed by atoms with Crippen LogP contribution in [0.3, 0.4) is 0 Å². The van der Waals surface area contributed by atoms with Gasteiger partial charge in [0.15, 0.2) is 5.78 Å². The maximum absolute atomic E-state index is 13.5. The number of hydrogen-bond acceptors (Lipinski definition) is 6. The van der Waals surface area contributed by atoms with Gasteiger partial charge in [0.05, 0.1) is 6.54 Å². The molecular formula is C33H32FN5O3. The number of Topliss-reactive ketones (excluding diaryl/α,β-unsaturated/α-hetero) is 1. The van der Waals surface area contributed by atoms with E-state index in [0.29, 0.717) is 23.4 Å². The maximum atomic E-state index is 13.5. The van der Waals surface area contributed by atoms with Gasteiger partial charge in [-0.3, -0.25) is 9.78 Å². The minimum absolute atomic E-state index is 0.0752. The fourth-order valence-corrected chi connectivity index (χ4v) is 4.71. The van der Waals surface area contributed by atoms with Crippen molar-refractivity contribution >= 4 is 28.7 Å². The highest BCUT2D eigenvalue weighted by Gasteiger charge is 2.26. The number of ether oxygens (including phenoxy) is 1. The molecule has 0 aliphatic rings. The summed E-state index contributed by atoms with van der Waals surface area (Å²) in [4.78, 5) is 38.2. The molecule has 3 aromatic heterocycles. The largest absolute Gasteiger partial charge is 0.444 e. The summed E-state index contributed by atoms with van der Waals surface area (Å²) in [5.74, 6) is -0.0433. The highest BCUT2D eigenvalue weighted by atomic mass is 19.1. The van der Waals surface area contributed by atoms with Gasteiger partial charge in [-0.05, 0) is 73.9 Å². The third kappa shape index (κ3) is 6.98. The fraction of sp³-hybridized carbons (Fsp3) is 0.212. The fourth-order valence-electron chi connectivity index (χ4n) is 4.71. The molecule has 0 unspecified atom stereocenters. The number of aromatic nitrogens is 3. The Bertz CT molecular complexity index is 1680. The molecular weight excluding hydrogens is 533 g/mol. The van der Waals surface area contributed by atoms with Crippen molar-refractivity contribution in [2.24, 2.45) is 0 Å². The summed E-state index contributed by atoms with van der Waals surface area (Å²) in [6.07, 6.45) is 3.34. The average Bonchev–Trinajstić information content (AvgIpc) is 3.33. The molecule has 0 saturated carbocycles. The van der Waals surface area contributed by atoms with Crippen LogP contribution in [-0.2, 0) is 16.0 Å². The summed E-state index contributed by atoms with van der Waals surface area (Å²) in [7, 11) is 0. The van der Waals surface area contributed by atoms with E-state index in [9.17, 15) is 14.0 Å². The van der Waals surface area contributed by atoms with Crippen LogP contribution in [0.15, 0.2) is 91.3 Å². The number of nitrogens with zero attached hydrogens (tertiary/aromatic N) is 2. The molecule has 42 heavy (non-hydrogen) atoms. The molecule has 3 N–H and O–H groups in total. The van der Waals surface area contributed by atoms with E-state index in [-0.39, 0.29) is 18.1 Å². The number of halogens is 1. The first kappa shape index (κ1) is 28.5. The number of rotatable bonds is 9. The van der Waals surface area contributed by atoms with Crippen LogP contribution in [0.5, 0.6) is 0 Å². The van der Waals surface area contributed by atoms with Crippen LogP contribution in [0.25, 0.3) is 22.2 Å². The number of nitrogens with one attached hydrogen (secondary N) is 3. The average molecular weight is 566 g/mol. The summed E-state index contributed by atoms with van der Waals surface area (Å²) in [5.41, 5.74) is 4.42. The number of alkyl carbamates (subject to hydrolysis) is 1. The van der Waals surface area contributed by atoms with Crippen molar-refractivity contribution in [3.05, 3.63) is 114 Å². The SMILES string of the molecule is CC(C)(C)OC(=O)N[C@H](C(=O)CNc1ccc2c(-c3ccncc3)c(Cc3ccc(F)cc3)[nH]c2n1)c1ccccc1. The van der Waals surface area contributed by atoms with Crippen molar-refractivity contribution in [1.82, 2.24) is 20.3 Å². The Morgan fingerprint density at radius 1 is 0.952 bits per heavy atom. The Morgan fingerprint density at radius 2 is 1.67 bits per heavy atom.